The van der Waals surface area contributed by atoms with E-state index in [4.69, 9.17) is 0 Å². The Bertz CT molecular complexity index is 306. The number of nitrogens with one attached hydrogen (secondary N) is 2. The van der Waals surface area contributed by atoms with Gasteiger partial charge in [0.25, 0.3) is 0 Å². The van der Waals surface area contributed by atoms with Gasteiger partial charge in [0.15, 0.2) is 0 Å². The summed E-state index contributed by atoms with van der Waals surface area (Å²) in [7, 11) is 0. The third kappa shape index (κ3) is 3.14. The smallest absolute Gasteiger partial charge is 0.226 e. The van der Waals surface area contributed by atoms with E-state index in [2.05, 4.69) is 29.7 Å². The minimum atomic E-state index is -0.101. The second-order valence-electron chi connectivity index (χ2n) is 5.74. The van der Waals surface area contributed by atoms with E-state index in [0.717, 1.165) is 45.3 Å². The molecule has 0 radical (unpaired) electrons. The zero-order chi connectivity index (χ0) is 12.8. The Labute approximate surface area is 110 Å². The number of hydrogen-bond acceptors (Lipinski definition) is 2. The quantitative estimate of drug-likeness (QED) is 0.751. The Balaban J connectivity index is 1.83. The number of amides is 1. The summed E-state index contributed by atoms with van der Waals surface area (Å²) in [5.41, 5.74) is -0.101. The van der Waals surface area contributed by atoms with Crippen molar-refractivity contribution < 1.29 is 4.79 Å². The number of piperidine rings is 1. The lowest BCUT2D eigenvalue weighted by Crippen LogP contribution is -2.48. The van der Waals surface area contributed by atoms with Gasteiger partial charge in [-0.1, -0.05) is 19.1 Å². The fourth-order valence-corrected chi connectivity index (χ4v) is 3.11. The second kappa shape index (κ2) is 6.37. The standard InChI is InChI=1S/C15H26N2O/c1-2-15(8-10-16-11-9-15)14(18)17-12-13-6-4-3-5-7-13/h3-4,13,16H,2,5-12H2,1H3,(H,17,18). The second-order valence-corrected chi connectivity index (χ2v) is 5.74. The normalized spacial score (nSPS) is 26.8. The van der Waals surface area contributed by atoms with Gasteiger partial charge in [-0.2, -0.15) is 0 Å². The Morgan fingerprint density at radius 3 is 2.78 bits per heavy atom. The van der Waals surface area contributed by atoms with Crippen LogP contribution < -0.4 is 10.6 Å². The van der Waals surface area contributed by atoms with Crippen LogP contribution in [0.2, 0.25) is 0 Å². The minimum absolute atomic E-state index is 0.101. The molecule has 3 nitrogen and oxygen atoms in total. The zero-order valence-corrected chi connectivity index (χ0v) is 11.5. The van der Waals surface area contributed by atoms with Crippen LogP contribution in [0.4, 0.5) is 0 Å². The summed E-state index contributed by atoms with van der Waals surface area (Å²) in [4.78, 5) is 12.4. The monoisotopic (exact) mass is 250 g/mol. The maximum Gasteiger partial charge on any atom is 0.226 e. The van der Waals surface area contributed by atoms with Gasteiger partial charge in [0.2, 0.25) is 5.91 Å². The molecule has 2 rings (SSSR count). The maximum absolute atomic E-state index is 12.4. The predicted octanol–water partition coefficient (Wildman–Crippen LogP) is 2.24. The van der Waals surface area contributed by atoms with Crippen LogP contribution in [0.1, 0.15) is 45.4 Å². The van der Waals surface area contributed by atoms with Crippen LogP contribution in [0.25, 0.3) is 0 Å². The van der Waals surface area contributed by atoms with Crippen LogP contribution in [0.15, 0.2) is 12.2 Å². The molecule has 3 heteroatoms. The fraction of sp³-hybridized carbons (Fsp3) is 0.800. The van der Waals surface area contributed by atoms with Gasteiger partial charge in [0.05, 0.1) is 5.41 Å². The van der Waals surface area contributed by atoms with Gasteiger partial charge >= 0.3 is 0 Å². The van der Waals surface area contributed by atoms with E-state index in [0.29, 0.717) is 11.8 Å². The molecule has 18 heavy (non-hydrogen) atoms. The molecule has 1 aliphatic heterocycles. The molecule has 1 heterocycles. The molecule has 2 N–H and O–H groups in total. The Morgan fingerprint density at radius 1 is 1.39 bits per heavy atom. The van der Waals surface area contributed by atoms with E-state index in [1.807, 2.05) is 0 Å². The maximum atomic E-state index is 12.4. The molecule has 0 aromatic carbocycles. The zero-order valence-electron chi connectivity index (χ0n) is 11.5. The molecule has 1 aliphatic carbocycles. The molecule has 0 spiro atoms. The van der Waals surface area contributed by atoms with Gasteiger partial charge in [-0.15, -0.1) is 0 Å². The highest BCUT2D eigenvalue weighted by molar-refractivity contribution is 5.82. The highest BCUT2D eigenvalue weighted by Crippen LogP contribution is 2.32. The third-order valence-corrected chi connectivity index (χ3v) is 4.65. The third-order valence-electron chi connectivity index (χ3n) is 4.65. The average molecular weight is 250 g/mol. The predicted molar refractivity (Wildman–Crippen MR) is 74.3 cm³/mol. The minimum Gasteiger partial charge on any atom is -0.355 e. The first-order valence-electron chi connectivity index (χ1n) is 7.41. The molecule has 0 aromatic heterocycles. The van der Waals surface area contributed by atoms with E-state index in [1.165, 1.54) is 12.8 Å². The van der Waals surface area contributed by atoms with Crippen LogP contribution >= 0.6 is 0 Å². The van der Waals surface area contributed by atoms with Crippen LogP contribution in [-0.4, -0.2) is 25.5 Å². The summed E-state index contributed by atoms with van der Waals surface area (Å²) < 4.78 is 0. The van der Waals surface area contributed by atoms with Crippen molar-refractivity contribution in [1.82, 2.24) is 10.6 Å². The van der Waals surface area contributed by atoms with Crippen LogP contribution in [0, 0.1) is 11.3 Å². The van der Waals surface area contributed by atoms with Gasteiger partial charge in [-0.3, -0.25) is 4.79 Å². The lowest BCUT2D eigenvalue weighted by Gasteiger charge is -2.35. The van der Waals surface area contributed by atoms with Crippen molar-refractivity contribution in [3.8, 4) is 0 Å². The van der Waals surface area contributed by atoms with Crippen molar-refractivity contribution in [2.75, 3.05) is 19.6 Å². The molecule has 2 aliphatic rings. The van der Waals surface area contributed by atoms with Crippen LogP contribution in [-0.2, 0) is 4.79 Å². The van der Waals surface area contributed by atoms with E-state index < -0.39 is 0 Å². The molecular formula is C15H26N2O. The number of carbonyl (C=O) groups excluding carboxylic acids is 1. The molecule has 1 fully saturated rings. The summed E-state index contributed by atoms with van der Waals surface area (Å²) in [5, 5.41) is 6.56. The van der Waals surface area contributed by atoms with E-state index >= 15 is 0 Å². The van der Waals surface area contributed by atoms with Gasteiger partial charge < -0.3 is 10.6 Å². The van der Waals surface area contributed by atoms with E-state index in [-0.39, 0.29) is 5.41 Å². The Kier molecular flexibility index (Phi) is 4.81. The highest BCUT2D eigenvalue weighted by Gasteiger charge is 2.37. The van der Waals surface area contributed by atoms with Crippen molar-refractivity contribution >= 4 is 5.91 Å². The van der Waals surface area contributed by atoms with Crippen molar-refractivity contribution in [3.63, 3.8) is 0 Å². The van der Waals surface area contributed by atoms with Gasteiger partial charge in [0, 0.05) is 6.54 Å². The van der Waals surface area contributed by atoms with Crippen molar-refractivity contribution in [1.29, 1.82) is 0 Å². The first-order chi connectivity index (χ1) is 8.77. The summed E-state index contributed by atoms with van der Waals surface area (Å²) in [6, 6.07) is 0. The summed E-state index contributed by atoms with van der Waals surface area (Å²) in [5.74, 6) is 0.940. The summed E-state index contributed by atoms with van der Waals surface area (Å²) in [6.45, 7) is 4.97. The van der Waals surface area contributed by atoms with Crippen LogP contribution in [0.5, 0.6) is 0 Å². The van der Waals surface area contributed by atoms with Gasteiger partial charge in [0.1, 0.15) is 0 Å². The number of hydrogen-bond donors (Lipinski definition) is 2. The largest absolute Gasteiger partial charge is 0.355 e. The van der Waals surface area contributed by atoms with E-state index in [9.17, 15) is 4.79 Å². The topological polar surface area (TPSA) is 41.1 Å². The molecule has 1 unspecified atom stereocenters. The lowest BCUT2D eigenvalue weighted by atomic mass is 9.75. The lowest BCUT2D eigenvalue weighted by molar-refractivity contribution is -0.133. The molecule has 0 aromatic rings. The SMILES string of the molecule is CCC1(C(=O)NCC2CC=CCC2)CCNCC1. The van der Waals surface area contributed by atoms with Crippen molar-refractivity contribution in [3.05, 3.63) is 12.2 Å². The molecule has 102 valence electrons. The first kappa shape index (κ1) is 13.6. The molecule has 1 saturated heterocycles. The first-order valence-corrected chi connectivity index (χ1v) is 7.41. The van der Waals surface area contributed by atoms with Crippen molar-refractivity contribution in [2.24, 2.45) is 11.3 Å². The fourth-order valence-electron chi connectivity index (χ4n) is 3.11. The van der Waals surface area contributed by atoms with Crippen LogP contribution in [0.3, 0.4) is 0 Å². The Morgan fingerprint density at radius 2 is 2.17 bits per heavy atom. The van der Waals surface area contributed by atoms with Crippen molar-refractivity contribution in [2.45, 2.75) is 45.4 Å². The van der Waals surface area contributed by atoms with Gasteiger partial charge in [-0.25, -0.2) is 0 Å². The number of carbonyl (C=O) groups is 1. The molecule has 0 saturated carbocycles. The molecule has 1 amide bonds. The number of rotatable bonds is 4. The average Bonchev–Trinajstić information content (AvgIpc) is 2.46. The number of allylic oxidation sites excluding steroid dienone is 2. The van der Waals surface area contributed by atoms with E-state index in [1.54, 1.807) is 0 Å². The summed E-state index contributed by atoms with van der Waals surface area (Å²) >= 11 is 0. The molecule has 1 atom stereocenters. The van der Waals surface area contributed by atoms with Gasteiger partial charge in [-0.05, 0) is 57.5 Å². The molecular weight excluding hydrogens is 224 g/mol. The molecule has 0 bridgehead atoms. The Hall–Kier alpha value is -0.830. The summed E-state index contributed by atoms with van der Waals surface area (Å²) in [6.07, 6.45) is 11.0. The highest BCUT2D eigenvalue weighted by atomic mass is 16.2.